The summed E-state index contributed by atoms with van der Waals surface area (Å²) >= 11 is 1.32. The van der Waals surface area contributed by atoms with Gasteiger partial charge in [0.25, 0.3) is 0 Å². The van der Waals surface area contributed by atoms with Crippen LogP contribution in [-0.2, 0) is 10.2 Å². The molecule has 4 aromatic rings. The monoisotopic (exact) mass is 562 g/mol. The third-order valence-electron chi connectivity index (χ3n) is 8.55. The van der Waals surface area contributed by atoms with Crippen LogP contribution < -0.4 is 14.8 Å². The molecule has 0 bridgehead atoms. The van der Waals surface area contributed by atoms with Crippen molar-refractivity contribution in [1.29, 1.82) is 0 Å². The first-order valence-corrected chi connectivity index (χ1v) is 14.2. The number of hydrogen-bond donors (Lipinski definition) is 1. The van der Waals surface area contributed by atoms with E-state index in [-0.39, 0.29) is 17.5 Å². The molecule has 0 aliphatic carbocycles. The van der Waals surface area contributed by atoms with Gasteiger partial charge in [-0.3, -0.25) is 14.4 Å². The van der Waals surface area contributed by atoms with Crippen molar-refractivity contribution >= 4 is 40.6 Å². The molecule has 1 spiro atoms. The average molecular weight is 563 g/mol. The van der Waals surface area contributed by atoms with Crippen LogP contribution in [0.1, 0.15) is 42.8 Å². The maximum atomic E-state index is 14.7. The van der Waals surface area contributed by atoms with Gasteiger partial charge in [-0.1, -0.05) is 48.5 Å². The number of Topliss-reactive ketones (excluding diaryl/α,β-unsaturated/α-hetero) is 2. The molecule has 4 atom stereocenters. The minimum absolute atomic E-state index is 0.231. The van der Waals surface area contributed by atoms with Crippen molar-refractivity contribution in [3.63, 3.8) is 0 Å². The molecule has 0 radical (unpaired) electrons. The molecule has 1 N–H and O–H groups in total. The summed E-state index contributed by atoms with van der Waals surface area (Å²) in [4.78, 5) is 46.2. The van der Waals surface area contributed by atoms with Crippen LogP contribution in [0.4, 0.5) is 5.69 Å². The minimum atomic E-state index is -1.35. The zero-order valence-electron chi connectivity index (χ0n) is 22.4. The predicted octanol–water partition coefficient (Wildman–Crippen LogP) is 5.75. The molecule has 3 aromatic carbocycles. The number of nitrogens with one attached hydrogen (secondary N) is 1. The molecule has 41 heavy (non-hydrogen) atoms. The number of carbonyl (C=O) groups excluding carboxylic acids is 3. The van der Waals surface area contributed by atoms with E-state index < -0.39 is 23.4 Å². The summed E-state index contributed by atoms with van der Waals surface area (Å²) in [5.41, 5.74) is 2.25. The Labute approximate surface area is 241 Å². The second-order valence-corrected chi connectivity index (χ2v) is 11.3. The molecule has 7 rings (SSSR count). The number of benzene rings is 3. The van der Waals surface area contributed by atoms with E-state index in [1.807, 2.05) is 77.2 Å². The fraction of sp³-hybridized carbons (Fsp3) is 0.182. The highest BCUT2D eigenvalue weighted by Crippen LogP contribution is 2.62. The number of rotatable bonds is 6. The number of carbonyl (C=O) groups is 3. The second kappa shape index (κ2) is 9.45. The van der Waals surface area contributed by atoms with E-state index in [4.69, 9.17) is 9.47 Å². The van der Waals surface area contributed by atoms with Gasteiger partial charge in [0.1, 0.15) is 11.5 Å². The van der Waals surface area contributed by atoms with Crippen LogP contribution in [0.15, 0.2) is 90.4 Å². The van der Waals surface area contributed by atoms with E-state index in [9.17, 15) is 14.4 Å². The molecule has 3 aliphatic heterocycles. The van der Waals surface area contributed by atoms with Crippen LogP contribution in [0.2, 0.25) is 0 Å². The summed E-state index contributed by atoms with van der Waals surface area (Å²) in [6.07, 6.45) is 3.82. The molecular formula is C33H26N2O5S. The van der Waals surface area contributed by atoms with Gasteiger partial charge in [-0.25, -0.2) is 0 Å². The number of amides is 1. The SMILES string of the molecule is COc1ccc(C(=O)[C@@H]2[C@H](C(=O)c3cccs3)[C@]3(C(=O)Nc4ccccc43)[C@@H]3c4ccccc4C=CN23)cc1OC. The molecule has 8 heteroatoms. The summed E-state index contributed by atoms with van der Waals surface area (Å²) in [5.74, 6) is -0.892. The van der Waals surface area contributed by atoms with Gasteiger partial charge in [0.2, 0.25) is 5.91 Å². The van der Waals surface area contributed by atoms with Crippen LogP contribution in [0.25, 0.3) is 6.08 Å². The molecule has 1 aromatic heterocycles. The number of para-hydroxylation sites is 1. The molecule has 1 amide bonds. The van der Waals surface area contributed by atoms with Crippen LogP contribution in [0.5, 0.6) is 11.5 Å². The van der Waals surface area contributed by atoms with Gasteiger partial charge in [0.15, 0.2) is 23.1 Å². The highest BCUT2D eigenvalue weighted by molar-refractivity contribution is 7.12. The smallest absolute Gasteiger partial charge is 0.238 e. The number of nitrogens with zero attached hydrogens (tertiary/aromatic N) is 1. The fourth-order valence-electron chi connectivity index (χ4n) is 6.90. The zero-order chi connectivity index (χ0) is 28.3. The quantitative estimate of drug-likeness (QED) is 0.302. The third-order valence-corrected chi connectivity index (χ3v) is 9.44. The summed E-state index contributed by atoms with van der Waals surface area (Å²) in [5, 5.41) is 4.91. The Morgan fingerprint density at radius 3 is 2.46 bits per heavy atom. The lowest BCUT2D eigenvalue weighted by Crippen LogP contribution is -2.49. The summed E-state index contributed by atoms with van der Waals surface area (Å²) < 4.78 is 10.9. The first kappa shape index (κ1) is 25.3. The minimum Gasteiger partial charge on any atom is -0.493 e. The first-order chi connectivity index (χ1) is 20.0. The molecule has 4 heterocycles. The first-order valence-electron chi connectivity index (χ1n) is 13.3. The normalized spacial score (nSPS) is 23.5. The number of methoxy groups -OCH3 is 2. The van der Waals surface area contributed by atoms with Gasteiger partial charge in [-0.2, -0.15) is 0 Å². The Hall–Kier alpha value is -4.69. The predicted molar refractivity (Wildman–Crippen MR) is 157 cm³/mol. The zero-order valence-corrected chi connectivity index (χ0v) is 23.2. The number of ether oxygens (including phenoxy) is 2. The van der Waals surface area contributed by atoms with Crippen molar-refractivity contribution in [2.75, 3.05) is 19.5 Å². The Bertz CT molecular complexity index is 1750. The van der Waals surface area contributed by atoms with E-state index in [1.165, 1.54) is 25.6 Å². The van der Waals surface area contributed by atoms with Crippen LogP contribution in [-0.4, -0.2) is 42.6 Å². The van der Waals surface area contributed by atoms with E-state index in [0.29, 0.717) is 27.6 Å². The fourth-order valence-corrected chi connectivity index (χ4v) is 7.60. The molecule has 0 saturated carbocycles. The highest BCUT2D eigenvalue weighted by atomic mass is 32.1. The third kappa shape index (κ3) is 3.47. The van der Waals surface area contributed by atoms with Gasteiger partial charge in [0, 0.05) is 17.5 Å². The van der Waals surface area contributed by atoms with Crippen molar-refractivity contribution in [1.82, 2.24) is 4.90 Å². The van der Waals surface area contributed by atoms with E-state index >= 15 is 0 Å². The molecule has 1 saturated heterocycles. The van der Waals surface area contributed by atoms with Gasteiger partial charge in [0.05, 0.1) is 31.1 Å². The number of thiophene rings is 1. The highest BCUT2D eigenvalue weighted by Gasteiger charge is 2.70. The standard InChI is InChI=1S/C33H26N2O5S/c1-39-24-14-13-20(18-25(24)40-2)29(36)28-27(30(37)26-12-7-17-41-26)33(22-10-5-6-11-23(22)34-32(33)38)31-21-9-4-3-8-19(21)15-16-35(28)31/h3-18,27-28,31H,1-2H3,(H,34,38)/t27-,28+,31+,33+/m1/s1. The summed E-state index contributed by atoms with van der Waals surface area (Å²) in [7, 11) is 3.05. The topological polar surface area (TPSA) is 84.9 Å². The lowest BCUT2D eigenvalue weighted by atomic mass is 9.63. The number of ketones is 2. The van der Waals surface area contributed by atoms with Gasteiger partial charge in [-0.05, 0) is 58.5 Å². The Morgan fingerprint density at radius 2 is 1.68 bits per heavy atom. The van der Waals surface area contributed by atoms with Crippen molar-refractivity contribution < 1.29 is 23.9 Å². The van der Waals surface area contributed by atoms with Gasteiger partial charge in [-0.15, -0.1) is 11.3 Å². The molecule has 0 unspecified atom stereocenters. The van der Waals surface area contributed by atoms with Crippen molar-refractivity contribution in [2.24, 2.45) is 5.92 Å². The van der Waals surface area contributed by atoms with Crippen molar-refractivity contribution in [3.8, 4) is 11.5 Å². The lowest BCUT2D eigenvalue weighted by Gasteiger charge is -2.38. The number of fused-ring (bicyclic) bond motifs is 6. The number of hydrogen-bond acceptors (Lipinski definition) is 7. The molecule has 7 nitrogen and oxygen atoms in total. The van der Waals surface area contributed by atoms with Gasteiger partial charge >= 0.3 is 0 Å². The van der Waals surface area contributed by atoms with Crippen LogP contribution in [0.3, 0.4) is 0 Å². The van der Waals surface area contributed by atoms with E-state index in [0.717, 1.165) is 16.7 Å². The Morgan fingerprint density at radius 1 is 0.902 bits per heavy atom. The molecule has 1 fully saturated rings. The molecular weight excluding hydrogens is 536 g/mol. The second-order valence-electron chi connectivity index (χ2n) is 10.4. The average Bonchev–Trinajstić information content (AvgIpc) is 3.73. The van der Waals surface area contributed by atoms with Crippen LogP contribution >= 0.6 is 11.3 Å². The molecule has 3 aliphatic rings. The van der Waals surface area contributed by atoms with Crippen molar-refractivity contribution in [3.05, 3.63) is 118 Å². The number of anilines is 1. The van der Waals surface area contributed by atoms with E-state index in [1.54, 1.807) is 24.3 Å². The lowest BCUT2D eigenvalue weighted by molar-refractivity contribution is -0.122. The molecule has 204 valence electrons. The Kier molecular flexibility index (Phi) is 5.83. The van der Waals surface area contributed by atoms with E-state index in [2.05, 4.69) is 5.32 Å². The van der Waals surface area contributed by atoms with Crippen LogP contribution in [0, 0.1) is 5.92 Å². The Balaban J connectivity index is 1.51. The summed E-state index contributed by atoms with van der Waals surface area (Å²) in [6, 6.07) is 22.4. The van der Waals surface area contributed by atoms with Gasteiger partial charge < -0.3 is 19.7 Å². The largest absolute Gasteiger partial charge is 0.493 e. The summed E-state index contributed by atoms with van der Waals surface area (Å²) in [6.45, 7) is 0. The maximum absolute atomic E-state index is 14.7. The van der Waals surface area contributed by atoms with Crippen molar-refractivity contribution in [2.45, 2.75) is 17.5 Å². The maximum Gasteiger partial charge on any atom is 0.238 e.